The summed E-state index contributed by atoms with van der Waals surface area (Å²) in [6.07, 6.45) is 0. The molecule has 3 nitrogen and oxygen atoms in total. The first kappa shape index (κ1) is 14.0. The Morgan fingerprint density at radius 3 is 2.32 bits per heavy atom. The van der Waals surface area contributed by atoms with Crippen LogP contribution in [0.5, 0.6) is 0 Å². The number of nitrogens with zero attached hydrogens (tertiary/aromatic N) is 1. The van der Waals surface area contributed by atoms with Crippen molar-refractivity contribution in [1.29, 1.82) is 0 Å². The highest BCUT2D eigenvalue weighted by molar-refractivity contribution is 6.37. The zero-order valence-electron chi connectivity index (χ0n) is 10.7. The largest absolute Gasteiger partial charge is 0.372 e. The third-order valence-electron chi connectivity index (χ3n) is 2.82. The van der Waals surface area contributed by atoms with E-state index in [0.29, 0.717) is 21.7 Å². The highest BCUT2D eigenvalue weighted by Gasteiger charge is 2.11. The molecule has 0 fully saturated rings. The fraction of sp³-hybridized carbons (Fsp3) is 0.214. The summed E-state index contributed by atoms with van der Waals surface area (Å²) < 4.78 is 0. The van der Waals surface area contributed by atoms with Crippen LogP contribution in [-0.4, -0.2) is 12.0 Å². The third kappa shape index (κ3) is 3.31. The highest BCUT2D eigenvalue weighted by atomic mass is 35.5. The zero-order chi connectivity index (χ0) is 13.8. The van der Waals surface area contributed by atoms with Gasteiger partial charge in [0, 0.05) is 13.1 Å². The molecule has 0 saturated heterocycles. The summed E-state index contributed by atoms with van der Waals surface area (Å²) in [5, 5.41) is 7.23. The van der Waals surface area contributed by atoms with Gasteiger partial charge in [-0.05, 0) is 18.6 Å². The van der Waals surface area contributed by atoms with Crippen molar-refractivity contribution >= 4 is 34.8 Å². The average Bonchev–Trinajstić information content (AvgIpc) is 2.42. The molecule has 1 heterocycles. The fourth-order valence-corrected chi connectivity index (χ4v) is 2.28. The molecule has 0 spiro atoms. The van der Waals surface area contributed by atoms with Crippen molar-refractivity contribution < 1.29 is 0 Å². The Morgan fingerprint density at radius 1 is 1.05 bits per heavy atom. The molecular weight excluding hydrogens is 281 g/mol. The van der Waals surface area contributed by atoms with Gasteiger partial charge in [-0.3, -0.25) is 0 Å². The molecule has 19 heavy (non-hydrogen) atoms. The Labute approximate surface area is 123 Å². The van der Waals surface area contributed by atoms with Crippen LogP contribution in [0.3, 0.4) is 0 Å². The second kappa shape index (κ2) is 6.13. The molecule has 1 atom stereocenters. The molecule has 5 heteroatoms. The molecule has 0 aliphatic heterocycles. The molecule has 0 radical (unpaired) electrons. The van der Waals surface area contributed by atoms with Crippen molar-refractivity contribution in [3.63, 3.8) is 0 Å². The summed E-state index contributed by atoms with van der Waals surface area (Å²) in [7, 11) is 1.77. The average molecular weight is 296 g/mol. The van der Waals surface area contributed by atoms with Crippen LogP contribution in [0.4, 0.5) is 11.6 Å². The topological polar surface area (TPSA) is 37.0 Å². The number of nitrogens with one attached hydrogen (secondary N) is 2. The maximum Gasteiger partial charge on any atom is 0.147 e. The summed E-state index contributed by atoms with van der Waals surface area (Å²) in [4.78, 5) is 4.37. The van der Waals surface area contributed by atoms with Gasteiger partial charge in [-0.2, -0.15) is 0 Å². The monoisotopic (exact) mass is 295 g/mol. The van der Waals surface area contributed by atoms with Gasteiger partial charge in [-0.1, -0.05) is 53.5 Å². The molecule has 0 aliphatic rings. The van der Waals surface area contributed by atoms with E-state index in [-0.39, 0.29) is 6.04 Å². The predicted molar refractivity (Wildman–Crippen MR) is 82.3 cm³/mol. The molecule has 1 aromatic carbocycles. The van der Waals surface area contributed by atoms with E-state index in [2.05, 4.69) is 34.7 Å². The van der Waals surface area contributed by atoms with Crippen LogP contribution in [-0.2, 0) is 0 Å². The van der Waals surface area contributed by atoms with Crippen molar-refractivity contribution in [2.24, 2.45) is 0 Å². The molecule has 1 unspecified atom stereocenters. The van der Waals surface area contributed by atoms with E-state index in [1.54, 1.807) is 13.1 Å². The van der Waals surface area contributed by atoms with Gasteiger partial charge in [-0.25, -0.2) is 4.98 Å². The van der Waals surface area contributed by atoms with Crippen LogP contribution in [0.1, 0.15) is 18.5 Å². The van der Waals surface area contributed by atoms with E-state index < -0.39 is 0 Å². The molecule has 2 N–H and O–H groups in total. The van der Waals surface area contributed by atoms with Crippen molar-refractivity contribution in [2.45, 2.75) is 13.0 Å². The van der Waals surface area contributed by atoms with E-state index in [9.17, 15) is 0 Å². The number of hydrogen-bond acceptors (Lipinski definition) is 3. The lowest BCUT2D eigenvalue weighted by Crippen LogP contribution is -2.09. The van der Waals surface area contributed by atoms with Crippen molar-refractivity contribution in [3.8, 4) is 0 Å². The van der Waals surface area contributed by atoms with Crippen LogP contribution in [0.15, 0.2) is 36.4 Å². The van der Waals surface area contributed by atoms with Gasteiger partial charge >= 0.3 is 0 Å². The summed E-state index contributed by atoms with van der Waals surface area (Å²) in [6.45, 7) is 2.06. The van der Waals surface area contributed by atoms with Crippen LogP contribution in [0, 0.1) is 0 Å². The molecule has 0 amide bonds. The number of pyridine rings is 1. The maximum atomic E-state index is 6.15. The van der Waals surface area contributed by atoms with Crippen LogP contribution >= 0.6 is 23.2 Å². The highest BCUT2D eigenvalue weighted by Crippen LogP contribution is 2.30. The molecule has 0 aliphatic carbocycles. The molecule has 100 valence electrons. The Kier molecular flexibility index (Phi) is 4.51. The quantitative estimate of drug-likeness (QED) is 0.865. The van der Waals surface area contributed by atoms with Gasteiger partial charge < -0.3 is 10.6 Å². The number of halogens is 2. The second-order valence-electron chi connectivity index (χ2n) is 4.18. The van der Waals surface area contributed by atoms with Gasteiger partial charge in [0.2, 0.25) is 0 Å². The van der Waals surface area contributed by atoms with E-state index in [1.807, 2.05) is 18.2 Å². The number of aromatic nitrogens is 1. The standard InChI is InChI=1S/C14H15Cl2N3/c1-9(10-6-4-3-5-7-10)18-14-12(16)8-11(15)13(17-2)19-14/h3-9H,1-2H3,(H2,17,18,19). The molecule has 2 rings (SSSR count). The third-order valence-corrected chi connectivity index (χ3v) is 3.40. The van der Waals surface area contributed by atoms with Crippen LogP contribution in [0.2, 0.25) is 10.0 Å². The minimum Gasteiger partial charge on any atom is -0.372 e. The number of rotatable bonds is 4. The first-order valence-electron chi connectivity index (χ1n) is 5.97. The summed E-state index contributed by atoms with van der Waals surface area (Å²) >= 11 is 12.2. The SMILES string of the molecule is CNc1nc(NC(C)c2ccccc2)c(Cl)cc1Cl. The molecule has 2 aromatic rings. The van der Waals surface area contributed by atoms with E-state index in [4.69, 9.17) is 23.2 Å². The molecule has 1 aromatic heterocycles. The first-order valence-corrected chi connectivity index (χ1v) is 6.72. The lowest BCUT2D eigenvalue weighted by molar-refractivity contribution is 0.875. The second-order valence-corrected chi connectivity index (χ2v) is 4.99. The van der Waals surface area contributed by atoms with Gasteiger partial charge in [0.1, 0.15) is 11.6 Å². The number of benzene rings is 1. The van der Waals surface area contributed by atoms with E-state index in [1.165, 1.54) is 5.56 Å². The van der Waals surface area contributed by atoms with E-state index >= 15 is 0 Å². The minimum atomic E-state index is 0.108. The Balaban J connectivity index is 2.24. The Hall–Kier alpha value is -1.45. The van der Waals surface area contributed by atoms with Crippen molar-refractivity contribution in [2.75, 3.05) is 17.7 Å². The van der Waals surface area contributed by atoms with Crippen molar-refractivity contribution in [1.82, 2.24) is 4.98 Å². The number of anilines is 2. The lowest BCUT2D eigenvalue weighted by atomic mass is 10.1. The van der Waals surface area contributed by atoms with Crippen LogP contribution < -0.4 is 10.6 Å². The van der Waals surface area contributed by atoms with E-state index in [0.717, 1.165) is 0 Å². The summed E-state index contributed by atoms with van der Waals surface area (Å²) in [6, 6.07) is 11.9. The van der Waals surface area contributed by atoms with Gasteiger partial charge in [0.25, 0.3) is 0 Å². The molecular formula is C14H15Cl2N3. The number of hydrogen-bond donors (Lipinski definition) is 2. The maximum absolute atomic E-state index is 6.15. The Morgan fingerprint density at radius 2 is 1.68 bits per heavy atom. The van der Waals surface area contributed by atoms with Gasteiger partial charge in [0.05, 0.1) is 10.0 Å². The van der Waals surface area contributed by atoms with Crippen molar-refractivity contribution in [3.05, 3.63) is 52.0 Å². The summed E-state index contributed by atoms with van der Waals surface area (Å²) in [5.74, 6) is 1.22. The van der Waals surface area contributed by atoms with Gasteiger partial charge in [-0.15, -0.1) is 0 Å². The fourth-order valence-electron chi connectivity index (χ4n) is 1.77. The minimum absolute atomic E-state index is 0.108. The van der Waals surface area contributed by atoms with Gasteiger partial charge in [0.15, 0.2) is 0 Å². The lowest BCUT2D eigenvalue weighted by Gasteiger charge is -2.17. The Bertz CT molecular complexity index is 558. The smallest absolute Gasteiger partial charge is 0.147 e. The summed E-state index contributed by atoms with van der Waals surface area (Å²) in [5.41, 5.74) is 1.17. The normalized spacial score (nSPS) is 12.0. The molecule has 0 saturated carbocycles. The first-order chi connectivity index (χ1) is 9.11. The predicted octanol–water partition coefficient (Wildman–Crippen LogP) is 4.60. The molecule has 0 bridgehead atoms. The van der Waals surface area contributed by atoms with Crippen LogP contribution in [0.25, 0.3) is 0 Å². The zero-order valence-corrected chi connectivity index (χ0v) is 12.3.